The normalized spacial score (nSPS) is 14.7. The van der Waals surface area contributed by atoms with Crippen LogP contribution in [0.2, 0.25) is 5.15 Å². The lowest BCUT2D eigenvalue weighted by Crippen LogP contribution is -2.35. The molecule has 8 nitrogen and oxygen atoms in total. The van der Waals surface area contributed by atoms with Crippen molar-refractivity contribution < 1.29 is 13.8 Å². The van der Waals surface area contributed by atoms with Gasteiger partial charge in [-0.1, -0.05) is 17.7 Å². The molecule has 162 valence electrons. The van der Waals surface area contributed by atoms with Crippen LogP contribution in [-0.2, 0) is 9.02 Å². The van der Waals surface area contributed by atoms with Crippen LogP contribution in [-0.4, -0.2) is 55.0 Å². The van der Waals surface area contributed by atoms with E-state index < -0.39 is 0 Å². The van der Waals surface area contributed by atoms with Crippen LogP contribution in [0, 0.1) is 0 Å². The van der Waals surface area contributed by atoms with E-state index in [1.165, 1.54) is 12.2 Å². The minimum atomic E-state index is -0.307. The smallest absolute Gasteiger partial charge is 0.271 e. The summed E-state index contributed by atoms with van der Waals surface area (Å²) in [6.07, 6.45) is 1.59. The Bertz CT molecular complexity index is 881. The molecule has 2 aromatic rings. The number of hydrazone groups is 1. The number of rotatable bonds is 7. The maximum Gasteiger partial charge on any atom is 0.271 e. The highest BCUT2D eigenvalue weighted by Crippen LogP contribution is 2.23. The van der Waals surface area contributed by atoms with Crippen molar-refractivity contribution in [1.82, 2.24) is 15.5 Å². The Morgan fingerprint density at radius 3 is 2.80 bits per heavy atom. The standard InChI is InChI=1S/C19H22ClN5O3S.H2S/c1-14(15-6-7-21-18(20)13-15)22-23-19(26)16-4-3-5-17(12-16)24(2)29-28-25-8-10-27-11-9-25;/h3-7,12-13H,8-11H2,1-2H3,(H,23,26);1H2/b22-14+;. The van der Waals surface area contributed by atoms with E-state index >= 15 is 0 Å². The Morgan fingerprint density at radius 2 is 2.07 bits per heavy atom. The first kappa shape index (κ1) is 24.4. The third-order valence-electron chi connectivity index (χ3n) is 4.16. The minimum Gasteiger partial charge on any atom is -0.379 e. The summed E-state index contributed by atoms with van der Waals surface area (Å²) in [5, 5.41) is 6.38. The summed E-state index contributed by atoms with van der Waals surface area (Å²) in [5.74, 6) is -0.307. The zero-order chi connectivity index (χ0) is 20.6. The fourth-order valence-corrected chi connectivity index (χ4v) is 3.21. The number of halogens is 1. The van der Waals surface area contributed by atoms with Crippen LogP contribution < -0.4 is 9.73 Å². The molecule has 0 bridgehead atoms. The van der Waals surface area contributed by atoms with Gasteiger partial charge in [0.25, 0.3) is 5.91 Å². The van der Waals surface area contributed by atoms with Crippen molar-refractivity contribution in [2.24, 2.45) is 5.10 Å². The van der Waals surface area contributed by atoms with E-state index in [-0.39, 0.29) is 19.4 Å². The van der Waals surface area contributed by atoms with Crippen LogP contribution >= 0.6 is 37.3 Å². The number of hydroxylamine groups is 2. The maximum absolute atomic E-state index is 12.5. The third kappa shape index (κ3) is 7.15. The van der Waals surface area contributed by atoms with Crippen LogP contribution in [0.4, 0.5) is 5.69 Å². The van der Waals surface area contributed by atoms with Crippen molar-refractivity contribution in [3.63, 3.8) is 0 Å². The van der Waals surface area contributed by atoms with Gasteiger partial charge in [0.1, 0.15) is 17.4 Å². The molecule has 0 radical (unpaired) electrons. The molecule has 1 fully saturated rings. The van der Waals surface area contributed by atoms with Crippen molar-refractivity contribution in [2.45, 2.75) is 6.92 Å². The summed E-state index contributed by atoms with van der Waals surface area (Å²) in [4.78, 5) is 16.4. The van der Waals surface area contributed by atoms with Gasteiger partial charge in [-0.25, -0.2) is 14.7 Å². The SMILES string of the molecule is C/C(=N\NC(=O)c1cccc(N(C)SON2CCOCC2)c1)c1ccnc(Cl)c1.S. The van der Waals surface area contributed by atoms with Crippen molar-refractivity contribution in [3.05, 3.63) is 58.9 Å². The summed E-state index contributed by atoms with van der Waals surface area (Å²) >= 11 is 7.09. The van der Waals surface area contributed by atoms with Crippen molar-refractivity contribution in [2.75, 3.05) is 37.7 Å². The average molecular weight is 470 g/mol. The van der Waals surface area contributed by atoms with Gasteiger partial charge >= 0.3 is 0 Å². The monoisotopic (exact) mass is 469 g/mol. The molecule has 1 saturated heterocycles. The number of amides is 1. The molecule has 0 atom stereocenters. The Hall–Kier alpha value is -1.82. The first-order valence-corrected chi connectivity index (χ1v) is 10.1. The molecule has 1 N–H and O–H groups in total. The van der Waals surface area contributed by atoms with Crippen molar-refractivity contribution in [1.29, 1.82) is 0 Å². The minimum absolute atomic E-state index is 0. The fraction of sp³-hybridized carbons (Fsp3) is 0.316. The van der Waals surface area contributed by atoms with E-state index in [9.17, 15) is 4.79 Å². The second-order valence-electron chi connectivity index (χ2n) is 6.24. The molecular weight excluding hydrogens is 446 g/mol. The molecule has 1 amide bonds. The third-order valence-corrected chi connectivity index (χ3v) is 5.08. The zero-order valence-electron chi connectivity index (χ0n) is 16.7. The van der Waals surface area contributed by atoms with Crippen molar-refractivity contribution >= 4 is 54.6 Å². The summed E-state index contributed by atoms with van der Waals surface area (Å²) in [7, 11) is 1.87. The Morgan fingerprint density at radius 1 is 1.30 bits per heavy atom. The topological polar surface area (TPSA) is 79.3 Å². The van der Waals surface area contributed by atoms with E-state index in [0.29, 0.717) is 29.6 Å². The molecule has 0 aliphatic carbocycles. The lowest BCUT2D eigenvalue weighted by atomic mass is 10.2. The number of aromatic nitrogens is 1. The van der Waals surface area contributed by atoms with Gasteiger partial charge in [-0.05, 0) is 37.3 Å². The predicted octanol–water partition coefficient (Wildman–Crippen LogP) is 3.27. The molecule has 1 aliphatic heterocycles. The number of benzene rings is 1. The molecule has 3 rings (SSSR count). The number of anilines is 1. The highest BCUT2D eigenvalue weighted by Gasteiger charge is 2.14. The summed E-state index contributed by atoms with van der Waals surface area (Å²) < 4.78 is 12.8. The van der Waals surface area contributed by atoms with E-state index in [1.807, 2.05) is 28.5 Å². The van der Waals surface area contributed by atoms with Crippen LogP contribution in [0.15, 0.2) is 47.7 Å². The summed E-state index contributed by atoms with van der Waals surface area (Å²) in [6.45, 7) is 4.56. The van der Waals surface area contributed by atoms with E-state index in [4.69, 9.17) is 20.6 Å². The van der Waals surface area contributed by atoms with E-state index in [0.717, 1.165) is 24.3 Å². The molecule has 0 unspecified atom stereocenters. The van der Waals surface area contributed by atoms with E-state index in [1.54, 1.807) is 37.4 Å². The number of pyridine rings is 1. The molecule has 2 heterocycles. The van der Waals surface area contributed by atoms with Crippen LogP contribution in [0.25, 0.3) is 0 Å². The maximum atomic E-state index is 12.5. The number of carbonyl (C=O) groups excluding carboxylic acids is 1. The van der Waals surface area contributed by atoms with Crippen LogP contribution in [0.1, 0.15) is 22.8 Å². The number of hydrogen-bond donors (Lipinski definition) is 1. The summed E-state index contributed by atoms with van der Waals surface area (Å²) in [5.41, 5.74) is 5.31. The van der Waals surface area contributed by atoms with Gasteiger partial charge in [0.2, 0.25) is 0 Å². The van der Waals surface area contributed by atoms with Gasteiger partial charge < -0.3 is 4.74 Å². The van der Waals surface area contributed by atoms with Gasteiger partial charge in [-0.2, -0.15) is 23.7 Å². The number of nitrogens with one attached hydrogen (secondary N) is 1. The fourth-order valence-electron chi connectivity index (χ4n) is 2.50. The number of morpholine rings is 1. The average Bonchev–Trinajstić information content (AvgIpc) is 2.76. The summed E-state index contributed by atoms with van der Waals surface area (Å²) in [6, 6.07) is 10.7. The van der Waals surface area contributed by atoms with Gasteiger partial charge in [-0.15, -0.1) is 0 Å². The highest BCUT2D eigenvalue weighted by atomic mass is 35.5. The second-order valence-corrected chi connectivity index (χ2v) is 7.48. The van der Waals surface area contributed by atoms with Crippen LogP contribution in [0.5, 0.6) is 0 Å². The lowest BCUT2D eigenvalue weighted by Gasteiger charge is -2.26. The van der Waals surface area contributed by atoms with Gasteiger partial charge in [-0.3, -0.25) is 9.10 Å². The zero-order valence-corrected chi connectivity index (χ0v) is 19.2. The number of nitrogens with zero attached hydrogens (tertiary/aromatic N) is 4. The second kappa shape index (κ2) is 12.1. The Balaban J connectivity index is 0.00000320. The first-order valence-electron chi connectivity index (χ1n) is 9.01. The molecule has 0 saturated carbocycles. The van der Waals surface area contributed by atoms with Gasteiger partial charge in [0.15, 0.2) is 0 Å². The Kier molecular flexibility index (Phi) is 9.89. The largest absolute Gasteiger partial charge is 0.379 e. The van der Waals surface area contributed by atoms with Gasteiger partial charge in [0.05, 0.1) is 18.9 Å². The number of ether oxygens (including phenoxy) is 1. The highest BCUT2D eigenvalue weighted by molar-refractivity contribution is 7.96. The van der Waals surface area contributed by atoms with Gasteiger partial charge in [0, 0.05) is 43.1 Å². The number of hydrogen-bond acceptors (Lipinski definition) is 8. The van der Waals surface area contributed by atoms with Crippen molar-refractivity contribution in [3.8, 4) is 0 Å². The molecule has 1 aliphatic rings. The molecular formula is C19H24ClN5O3S2. The molecule has 0 spiro atoms. The molecule has 30 heavy (non-hydrogen) atoms. The van der Waals surface area contributed by atoms with E-state index in [2.05, 4.69) is 15.5 Å². The molecule has 1 aromatic carbocycles. The predicted molar refractivity (Wildman–Crippen MR) is 125 cm³/mol. The lowest BCUT2D eigenvalue weighted by molar-refractivity contribution is -0.105. The first-order chi connectivity index (χ1) is 14.0. The number of carbonyl (C=O) groups is 1. The van der Waals surface area contributed by atoms with Crippen LogP contribution in [0.3, 0.4) is 0 Å². The Labute approximate surface area is 192 Å². The molecule has 1 aromatic heterocycles. The quantitative estimate of drug-likeness (QED) is 0.219. The molecule has 11 heteroatoms.